The fourth-order valence-electron chi connectivity index (χ4n) is 5.05. The fraction of sp³-hybridized carbons (Fsp3) is 0.357. The van der Waals surface area contributed by atoms with E-state index in [-0.39, 0.29) is 11.3 Å². The van der Waals surface area contributed by atoms with Gasteiger partial charge in [-0.15, -0.1) is 11.8 Å². The first-order valence-corrected chi connectivity index (χ1v) is 13.2. The zero-order valence-corrected chi connectivity index (χ0v) is 22.3. The molecule has 0 bridgehead atoms. The van der Waals surface area contributed by atoms with Gasteiger partial charge >= 0.3 is 12.4 Å². The van der Waals surface area contributed by atoms with Gasteiger partial charge in [0.15, 0.2) is 0 Å². The monoisotopic (exact) mass is 603 g/mol. The van der Waals surface area contributed by atoms with E-state index in [0.29, 0.717) is 23.3 Å². The topological polar surface area (TPSA) is 61.6 Å². The molecule has 0 atom stereocenters. The number of nitro groups is 1. The van der Waals surface area contributed by atoms with Crippen molar-refractivity contribution in [1.82, 2.24) is 0 Å². The zero-order valence-electron chi connectivity index (χ0n) is 21.5. The van der Waals surface area contributed by atoms with Gasteiger partial charge in [0.2, 0.25) is 0 Å². The highest BCUT2D eigenvalue weighted by Gasteiger charge is 2.73. The van der Waals surface area contributed by atoms with Crippen molar-refractivity contribution in [3.8, 4) is 5.75 Å². The lowest BCUT2D eigenvalue weighted by molar-refractivity contribution is -0.393. The summed E-state index contributed by atoms with van der Waals surface area (Å²) in [6.45, 7) is -1.28. The van der Waals surface area contributed by atoms with Crippen LogP contribution in [0.5, 0.6) is 5.75 Å². The zero-order chi connectivity index (χ0) is 30.1. The van der Waals surface area contributed by atoms with Gasteiger partial charge in [0.1, 0.15) is 11.6 Å². The molecule has 0 radical (unpaired) electrons. The Hall–Kier alpha value is -3.32. The van der Waals surface area contributed by atoms with Crippen LogP contribution in [0.4, 0.5) is 36.4 Å². The van der Waals surface area contributed by atoms with E-state index in [4.69, 9.17) is 9.47 Å². The molecule has 5 nitrogen and oxygen atoms in total. The number of benzene rings is 3. The molecule has 1 aliphatic rings. The Morgan fingerprint density at radius 3 is 2.00 bits per heavy atom. The number of alkyl halides is 6. The van der Waals surface area contributed by atoms with Gasteiger partial charge in [0.05, 0.1) is 18.6 Å². The Morgan fingerprint density at radius 2 is 1.49 bits per heavy atom. The summed E-state index contributed by atoms with van der Waals surface area (Å²) in [5.74, 6) is -0.609. The summed E-state index contributed by atoms with van der Waals surface area (Å²) < 4.78 is 109. The minimum atomic E-state index is -5.95. The molecule has 3 aromatic rings. The molecule has 13 heteroatoms. The molecule has 1 aliphatic carbocycles. The molecule has 220 valence electrons. The van der Waals surface area contributed by atoms with Crippen molar-refractivity contribution in [3.05, 3.63) is 99.4 Å². The average Bonchev–Trinajstić information content (AvgIpc) is 3.38. The molecule has 0 spiro atoms. The number of halogens is 7. The molecule has 0 aliphatic heterocycles. The molecular formula is C28H24F7NO4S. The van der Waals surface area contributed by atoms with Crippen molar-refractivity contribution >= 4 is 17.4 Å². The summed E-state index contributed by atoms with van der Waals surface area (Å²) in [7, 11) is 1.12. The fourth-order valence-corrected chi connectivity index (χ4v) is 6.52. The lowest BCUT2D eigenvalue weighted by Gasteiger charge is -2.38. The molecule has 0 N–H and O–H groups in total. The third-order valence-corrected chi connectivity index (χ3v) is 8.62. The van der Waals surface area contributed by atoms with Crippen LogP contribution in [0.25, 0.3) is 0 Å². The number of ether oxygens (including phenoxy) is 2. The molecule has 0 heterocycles. The molecule has 0 unspecified atom stereocenters. The highest BCUT2D eigenvalue weighted by molar-refractivity contribution is 8.00. The first-order chi connectivity index (χ1) is 19.2. The van der Waals surface area contributed by atoms with Crippen molar-refractivity contribution in [3.63, 3.8) is 0 Å². The highest BCUT2D eigenvalue weighted by Crippen LogP contribution is 2.56. The standard InChI is InChI=1S/C28H24F7NO4S/c1-39-24-13-10-22(36(37)38)16-18(24)17-40-26(27(30,31)32,28(33,34)35)20-6-4-19(5-7-20)25(14-2-3-15-25)41-23-11-8-21(29)9-12-23/h4-13,16H,2-3,14-15,17H2,1H3. The SMILES string of the molecule is COc1ccc([N+](=O)[O-])cc1COC(c1ccc(C2(Sc3ccc(F)cc3)CCCC2)cc1)(C(F)(F)F)C(F)(F)F. The predicted molar refractivity (Wildman–Crippen MR) is 137 cm³/mol. The van der Waals surface area contributed by atoms with E-state index in [1.807, 2.05) is 0 Å². The van der Waals surface area contributed by atoms with Crippen LogP contribution in [-0.2, 0) is 21.7 Å². The van der Waals surface area contributed by atoms with E-state index < -0.39 is 51.3 Å². The molecule has 41 heavy (non-hydrogen) atoms. The van der Waals surface area contributed by atoms with Crippen LogP contribution < -0.4 is 4.74 Å². The quantitative estimate of drug-likeness (QED) is 0.139. The Labute approximate surface area is 234 Å². The molecule has 0 aromatic heterocycles. The number of hydrogen-bond acceptors (Lipinski definition) is 5. The van der Waals surface area contributed by atoms with Gasteiger partial charge in [-0.05, 0) is 48.7 Å². The molecule has 0 amide bonds. The van der Waals surface area contributed by atoms with Gasteiger partial charge in [-0.25, -0.2) is 4.39 Å². The second kappa shape index (κ2) is 11.5. The van der Waals surface area contributed by atoms with Crippen LogP contribution in [0, 0.1) is 15.9 Å². The van der Waals surface area contributed by atoms with Gasteiger partial charge in [-0.2, -0.15) is 26.3 Å². The number of non-ortho nitro benzene ring substituents is 1. The van der Waals surface area contributed by atoms with Crippen LogP contribution in [0.3, 0.4) is 0 Å². The Balaban J connectivity index is 1.74. The van der Waals surface area contributed by atoms with E-state index in [0.717, 1.165) is 50.3 Å². The normalized spacial score (nSPS) is 15.6. The minimum absolute atomic E-state index is 0.176. The van der Waals surface area contributed by atoms with Gasteiger partial charge in [0, 0.05) is 32.9 Å². The summed E-state index contributed by atoms with van der Waals surface area (Å²) in [4.78, 5) is 11.0. The number of rotatable bonds is 9. The van der Waals surface area contributed by atoms with E-state index in [1.54, 1.807) is 12.1 Å². The van der Waals surface area contributed by atoms with E-state index in [9.17, 15) is 40.8 Å². The van der Waals surface area contributed by atoms with Gasteiger partial charge < -0.3 is 9.47 Å². The van der Waals surface area contributed by atoms with Crippen molar-refractivity contribution in [1.29, 1.82) is 0 Å². The Morgan fingerprint density at radius 1 is 0.902 bits per heavy atom. The maximum Gasteiger partial charge on any atom is 0.430 e. The maximum atomic E-state index is 14.4. The molecule has 4 rings (SSSR count). The number of nitro benzene ring substituents is 1. The molecule has 1 saturated carbocycles. The second-order valence-electron chi connectivity index (χ2n) is 9.55. The van der Waals surface area contributed by atoms with Crippen LogP contribution in [-0.4, -0.2) is 24.4 Å². The Kier molecular flexibility index (Phi) is 8.60. The van der Waals surface area contributed by atoms with Crippen LogP contribution in [0.15, 0.2) is 71.6 Å². The highest BCUT2D eigenvalue weighted by atomic mass is 32.2. The Bertz CT molecular complexity index is 1360. The summed E-state index contributed by atoms with van der Waals surface area (Å²) in [5.41, 5.74) is -6.31. The largest absolute Gasteiger partial charge is 0.496 e. The molecular weight excluding hydrogens is 579 g/mol. The molecule has 3 aromatic carbocycles. The summed E-state index contributed by atoms with van der Waals surface area (Å²) in [6, 6.07) is 12.6. The lowest BCUT2D eigenvalue weighted by atomic mass is 9.88. The van der Waals surface area contributed by atoms with E-state index in [2.05, 4.69) is 0 Å². The summed E-state index contributed by atoms with van der Waals surface area (Å²) in [6.07, 6.45) is -9.04. The molecule has 0 saturated heterocycles. The van der Waals surface area contributed by atoms with E-state index in [1.165, 1.54) is 36.0 Å². The number of hydrogen-bond donors (Lipinski definition) is 0. The average molecular weight is 604 g/mol. The summed E-state index contributed by atoms with van der Waals surface area (Å²) >= 11 is 1.39. The van der Waals surface area contributed by atoms with Crippen LogP contribution >= 0.6 is 11.8 Å². The first kappa shape index (κ1) is 30.6. The number of methoxy groups -OCH3 is 1. The van der Waals surface area contributed by atoms with E-state index >= 15 is 0 Å². The minimum Gasteiger partial charge on any atom is -0.496 e. The lowest BCUT2D eigenvalue weighted by Crippen LogP contribution is -2.55. The smallest absolute Gasteiger partial charge is 0.430 e. The van der Waals surface area contributed by atoms with Gasteiger partial charge in [-0.3, -0.25) is 10.1 Å². The maximum absolute atomic E-state index is 14.4. The summed E-state index contributed by atoms with van der Waals surface area (Å²) in [5, 5.41) is 11.1. The van der Waals surface area contributed by atoms with Crippen LogP contribution in [0.2, 0.25) is 0 Å². The third kappa shape index (κ3) is 6.01. The first-order valence-electron chi connectivity index (χ1n) is 12.4. The second-order valence-corrected chi connectivity index (χ2v) is 11.0. The molecule has 1 fully saturated rings. The van der Waals surface area contributed by atoms with Crippen LogP contribution in [0.1, 0.15) is 42.4 Å². The van der Waals surface area contributed by atoms with Crippen molar-refractivity contribution in [2.75, 3.05) is 7.11 Å². The van der Waals surface area contributed by atoms with Gasteiger partial charge in [0.25, 0.3) is 11.3 Å². The van der Waals surface area contributed by atoms with Crippen molar-refractivity contribution < 1.29 is 45.1 Å². The predicted octanol–water partition coefficient (Wildman–Crippen LogP) is 8.84. The third-order valence-electron chi connectivity index (χ3n) is 7.07. The number of thioether (sulfide) groups is 1. The van der Waals surface area contributed by atoms with Gasteiger partial charge in [-0.1, -0.05) is 37.1 Å². The van der Waals surface area contributed by atoms with Crippen molar-refractivity contribution in [2.24, 2.45) is 0 Å². The van der Waals surface area contributed by atoms with Crippen molar-refractivity contribution in [2.45, 2.75) is 59.9 Å². The number of nitrogens with zero attached hydrogens (tertiary/aromatic N) is 1.